The second-order valence-corrected chi connectivity index (χ2v) is 7.23. The summed E-state index contributed by atoms with van der Waals surface area (Å²) in [6.07, 6.45) is 6.40. The van der Waals surface area contributed by atoms with Crippen molar-refractivity contribution < 1.29 is 13.9 Å². The number of hydrogen-bond donors (Lipinski definition) is 3. The molecule has 1 amide bonds. The number of rotatable bonds is 5. The van der Waals surface area contributed by atoms with Gasteiger partial charge in [-0.1, -0.05) is 0 Å². The fourth-order valence-corrected chi connectivity index (χ4v) is 3.56. The van der Waals surface area contributed by atoms with Crippen LogP contribution in [-0.4, -0.2) is 48.3 Å². The van der Waals surface area contributed by atoms with E-state index in [0.29, 0.717) is 27.9 Å². The van der Waals surface area contributed by atoms with E-state index in [1.807, 2.05) is 0 Å². The molecule has 1 saturated heterocycles. The van der Waals surface area contributed by atoms with Gasteiger partial charge < -0.3 is 21.1 Å². The zero-order valence-electron chi connectivity index (χ0n) is 17.1. The van der Waals surface area contributed by atoms with Gasteiger partial charge >= 0.3 is 0 Å². The monoisotopic (exact) mass is 422 g/mol. The molecule has 0 aliphatic carbocycles. The molecule has 1 aliphatic heterocycles. The van der Waals surface area contributed by atoms with Crippen LogP contribution in [0.3, 0.4) is 0 Å². The third kappa shape index (κ3) is 4.46. The van der Waals surface area contributed by atoms with Crippen molar-refractivity contribution in [1.29, 1.82) is 0 Å². The summed E-state index contributed by atoms with van der Waals surface area (Å²) >= 11 is 0. The predicted octanol–water partition coefficient (Wildman–Crippen LogP) is 2.78. The van der Waals surface area contributed by atoms with Crippen LogP contribution < -0.4 is 21.1 Å². The molecule has 4 N–H and O–H groups in total. The van der Waals surface area contributed by atoms with E-state index in [9.17, 15) is 9.18 Å². The van der Waals surface area contributed by atoms with Crippen LogP contribution in [-0.2, 0) is 0 Å². The topological polar surface area (TPSA) is 115 Å². The average Bonchev–Trinajstić information content (AvgIpc) is 2.78. The van der Waals surface area contributed by atoms with Crippen LogP contribution in [0.4, 0.5) is 15.8 Å². The number of fused-ring (bicyclic) bond motifs is 1. The average molecular weight is 422 g/mol. The molecule has 0 bridgehead atoms. The first-order valence-electron chi connectivity index (χ1n) is 10.0. The number of halogens is 1. The molecule has 31 heavy (non-hydrogen) atoms. The zero-order chi connectivity index (χ0) is 21.8. The molecular weight excluding hydrogens is 399 g/mol. The van der Waals surface area contributed by atoms with Crippen molar-refractivity contribution in [2.45, 2.75) is 18.9 Å². The number of nitrogens with two attached hydrogens (primary N) is 1. The lowest BCUT2D eigenvalue weighted by molar-refractivity contribution is 0.102. The smallest absolute Gasteiger partial charge is 0.257 e. The Morgan fingerprint density at radius 2 is 2.00 bits per heavy atom. The summed E-state index contributed by atoms with van der Waals surface area (Å²) in [6, 6.07) is 6.10. The molecule has 1 aliphatic rings. The van der Waals surface area contributed by atoms with Gasteiger partial charge in [0.15, 0.2) is 0 Å². The fraction of sp³-hybridized carbons (Fsp3) is 0.273. The number of anilines is 2. The van der Waals surface area contributed by atoms with E-state index in [4.69, 9.17) is 10.5 Å². The quantitative estimate of drug-likeness (QED) is 0.430. The van der Waals surface area contributed by atoms with Crippen molar-refractivity contribution in [3.8, 4) is 5.75 Å². The maximum Gasteiger partial charge on any atom is 0.257 e. The Labute approximate surface area is 178 Å². The molecule has 0 unspecified atom stereocenters. The van der Waals surface area contributed by atoms with E-state index >= 15 is 0 Å². The first kappa shape index (κ1) is 20.7. The lowest BCUT2D eigenvalue weighted by Crippen LogP contribution is -2.34. The van der Waals surface area contributed by atoms with Gasteiger partial charge in [0, 0.05) is 36.9 Å². The summed E-state index contributed by atoms with van der Waals surface area (Å²) < 4.78 is 20.3. The van der Waals surface area contributed by atoms with Crippen LogP contribution in [0.1, 0.15) is 28.8 Å². The van der Waals surface area contributed by atoms with Gasteiger partial charge in [-0.2, -0.15) is 0 Å². The molecule has 0 atom stereocenters. The maximum atomic E-state index is 14.2. The van der Waals surface area contributed by atoms with Gasteiger partial charge in [-0.15, -0.1) is 0 Å². The first-order chi connectivity index (χ1) is 15.1. The summed E-state index contributed by atoms with van der Waals surface area (Å²) in [4.78, 5) is 25.6. The van der Waals surface area contributed by atoms with E-state index < -0.39 is 11.7 Å². The van der Waals surface area contributed by atoms with E-state index in [1.165, 1.54) is 18.5 Å². The Hall–Kier alpha value is -3.59. The van der Waals surface area contributed by atoms with Gasteiger partial charge in [0.25, 0.3) is 5.91 Å². The largest absolute Gasteiger partial charge is 0.488 e. The molecule has 1 fully saturated rings. The van der Waals surface area contributed by atoms with E-state index in [2.05, 4.69) is 25.6 Å². The number of nitrogens with zero attached hydrogens (tertiary/aromatic N) is 3. The summed E-state index contributed by atoms with van der Waals surface area (Å²) in [5.74, 6) is -0.489. The molecule has 0 saturated carbocycles. The highest BCUT2D eigenvalue weighted by Gasteiger charge is 2.20. The number of benzene rings is 2. The fourth-order valence-electron chi connectivity index (χ4n) is 3.56. The van der Waals surface area contributed by atoms with Gasteiger partial charge in [0.2, 0.25) is 0 Å². The molecule has 0 spiro atoms. The van der Waals surface area contributed by atoms with Gasteiger partial charge in [-0.05, 0) is 50.2 Å². The van der Waals surface area contributed by atoms with Crippen LogP contribution >= 0.6 is 0 Å². The number of carbonyl (C=O) groups excluding carboxylic acids is 1. The number of nitrogens with one attached hydrogen (secondary N) is 2. The second-order valence-electron chi connectivity index (χ2n) is 7.23. The summed E-state index contributed by atoms with van der Waals surface area (Å²) in [6.45, 7) is 1.80. The number of aliphatic imine (C=N–C) groups is 1. The standard InChI is InChI=1S/C22H23FN6O2/c1-25-12-13-10-14(11-17(23)19(13)24)29-22(30)16-2-3-18(21-20(16)27-8-9-28-21)31-15-4-6-26-7-5-15/h2-3,8-12,15,26H,4-7,24H2,1H3,(H,29,30). The highest BCUT2D eigenvalue weighted by molar-refractivity contribution is 6.12. The molecule has 0 radical (unpaired) electrons. The van der Waals surface area contributed by atoms with Crippen molar-refractivity contribution in [3.63, 3.8) is 0 Å². The lowest BCUT2D eigenvalue weighted by Gasteiger charge is -2.24. The Bertz CT molecular complexity index is 1140. The van der Waals surface area contributed by atoms with Gasteiger partial charge in [0.1, 0.15) is 28.7 Å². The second kappa shape index (κ2) is 9.05. The molecule has 3 aromatic rings. The third-order valence-corrected chi connectivity index (χ3v) is 5.10. The number of hydrogen-bond acceptors (Lipinski definition) is 7. The van der Waals surface area contributed by atoms with Crippen LogP contribution in [0, 0.1) is 5.82 Å². The minimum Gasteiger partial charge on any atom is -0.488 e. The number of ether oxygens (including phenoxy) is 1. The molecule has 2 aromatic carbocycles. The highest BCUT2D eigenvalue weighted by Crippen LogP contribution is 2.28. The molecule has 160 valence electrons. The van der Waals surface area contributed by atoms with Crippen LogP contribution in [0.2, 0.25) is 0 Å². The number of amides is 1. The molecule has 9 heteroatoms. The number of nitrogen functional groups attached to an aromatic ring is 1. The normalized spacial score (nSPS) is 14.8. The van der Waals surface area contributed by atoms with Gasteiger partial charge in [-0.3, -0.25) is 14.8 Å². The van der Waals surface area contributed by atoms with Crippen LogP contribution in [0.25, 0.3) is 11.0 Å². The zero-order valence-corrected chi connectivity index (χ0v) is 17.1. The minimum absolute atomic E-state index is 0.0284. The Kier molecular flexibility index (Phi) is 6.03. The van der Waals surface area contributed by atoms with E-state index in [1.54, 1.807) is 31.4 Å². The molecule has 1 aromatic heterocycles. The van der Waals surface area contributed by atoms with Gasteiger partial charge in [0.05, 0.1) is 11.3 Å². The Balaban J connectivity index is 1.64. The predicted molar refractivity (Wildman–Crippen MR) is 118 cm³/mol. The van der Waals surface area contributed by atoms with E-state index in [-0.39, 0.29) is 17.5 Å². The van der Waals surface area contributed by atoms with Crippen molar-refractivity contribution in [2.24, 2.45) is 4.99 Å². The van der Waals surface area contributed by atoms with Crippen LogP contribution in [0.15, 0.2) is 41.7 Å². The summed E-state index contributed by atoms with van der Waals surface area (Å²) in [5, 5.41) is 6.01. The highest BCUT2D eigenvalue weighted by atomic mass is 19.1. The molecular formula is C22H23FN6O2. The molecule has 8 nitrogen and oxygen atoms in total. The van der Waals surface area contributed by atoms with Gasteiger partial charge in [-0.25, -0.2) is 9.37 Å². The summed E-state index contributed by atoms with van der Waals surface area (Å²) in [7, 11) is 1.56. The van der Waals surface area contributed by atoms with Crippen molar-refractivity contribution >= 4 is 34.5 Å². The van der Waals surface area contributed by atoms with E-state index in [0.717, 1.165) is 25.9 Å². The molecule has 4 rings (SSSR count). The number of aromatic nitrogens is 2. The number of piperidine rings is 1. The Morgan fingerprint density at radius 3 is 2.74 bits per heavy atom. The summed E-state index contributed by atoms with van der Waals surface area (Å²) in [5.41, 5.74) is 7.58. The maximum absolute atomic E-state index is 14.2. The number of carbonyl (C=O) groups is 1. The molecule has 2 heterocycles. The van der Waals surface area contributed by atoms with Crippen molar-refractivity contribution in [3.05, 3.63) is 53.6 Å². The van der Waals surface area contributed by atoms with Crippen molar-refractivity contribution in [2.75, 3.05) is 31.2 Å². The third-order valence-electron chi connectivity index (χ3n) is 5.10. The first-order valence-corrected chi connectivity index (χ1v) is 10.0. The van der Waals surface area contributed by atoms with Crippen molar-refractivity contribution in [1.82, 2.24) is 15.3 Å². The minimum atomic E-state index is -0.636. The van der Waals surface area contributed by atoms with Crippen LogP contribution in [0.5, 0.6) is 5.75 Å². The lowest BCUT2D eigenvalue weighted by atomic mass is 10.1. The Morgan fingerprint density at radius 1 is 1.26 bits per heavy atom. The SMILES string of the molecule is CN=Cc1cc(NC(=O)c2ccc(OC3CCNCC3)c3nccnc23)cc(F)c1N.